The lowest BCUT2D eigenvalue weighted by Crippen LogP contribution is -2.37. The first-order valence-electron chi connectivity index (χ1n) is 8.35. The smallest absolute Gasteiger partial charge is 0.251 e. The molecule has 142 valence electrons. The van der Waals surface area contributed by atoms with E-state index in [1.165, 1.54) is 16.7 Å². The molecule has 1 N–H and O–H groups in total. The summed E-state index contributed by atoms with van der Waals surface area (Å²) in [5.74, 6) is 1.54. The van der Waals surface area contributed by atoms with Crippen LogP contribution >= 0.6 is 24.0 Å². The molecule has 1 aromatic carbocycles. The van der Waals surface area contributed by atoms with Crippen molar-refractivity contribution in [1.82, 2.24) is 15.4 Å². The summed E-state index contributed by atoms with van der Waals surface area (Å²) in [5, 5.41) is 6.68. The lowest BCUT2D eigenvalue weighted by molar-refractivity contribution is -0.123. The molecular weight excluding hydrogens is 386 g/mol. The molecule has 9 heteroatoms. The fraction of sp³-hybridized carbons (Fsp3) is 0.333. The summed E-state index contributed by atoms with van der Waals surface area (Å²) in [4.78, 5) is 25.4. The molecule has 2 amide bonds. The second-order valence-corrected chi connectivity index (χ2v) is 7.58. The fourth-order valence-electron chi connectivity index (χ4n) is 2.55. The average Bonchev–Trinajstić information content (AvgIpc) is 3.15. The third kappa shape index (κ3) is 4.67. The Kier molecular flexibility index (Phi) is 6.12. The Bertz CT molecular complexity index is 828. The Morgan fingerprint density at radius 3 is 2.70 bits per heavy atom. The molecule has 0 bridgehead atoms. The second kappa shape index (κ2) is 8.53. The van der Waals surface area contributed by atoms with Gasteiger partial charge in [0, 0.05) is 18.7 Å². The van der Waals surface area contributed by atoms with Gasteiger partial charge in [-0.3, -0.25) is 14.5 Å². The fourth-order valence-corrected chi connectivity index (χ4v) is 3.67. The highest BCUT2D eigenvalue weighted by molar-refractivity contribution is 8.23. The first-order chi connectivity index (χ1) is 13.0. The van der Waals surface area contributed by atoms with E-state index >= 15 is 0 Å². The van der Waals surface area contributed by atoms with Crippen molar-refractivity contribution in [3.63, 3.8) is 0 Å². The molecule has 0 unspecified atom stereocenters. The number of benzene rings is 1. The van der Waals surface area contributed by atoms with Gasteiger partial charge in [-0.15, -0.1) is 0 Å². The molecule has 0 saturated carbocycles. The van der Waals surface area contributed by atoms with Crippen molar-refractivity contribution in [1.29, 1.82) is 0 Å². The molecule has 0 radical (unpaired) electrons. The number of thiocarbonyl (C=S) groups is 1. The molecule has 27 heavy (non-hydrogen) atoms. The van der Waals surface area contributed by atoms with E-state index in [1.807, 2.05) is 13.8 Å². The summed E-state index contributed by atoms with van der Waals surface area (Å²) < 4.78 is 11.4. The Morgan fingerprint density at radius 1 is 1.37 bits per heavy atom. The summed E-state index contributed by atoms with van der Waals surface area (Å²) in [6, 6.07) is 6.87. The van der Waals surface area contributed by atoms with Crippen molar-refractivity contribution in [2.75, 3.05) is 18.8 Å². The molecule has 7 nitrogen and oxygen atoms in total. The predicted molar refractivity (Wildman–Crippen MR) is 106 cm³/mol. The third-order valence-electron chi connectivity index (χ3n) is 4.14. The molecule has 1 fully saturated rings. The van der Waals surface area contributed by atoms with Gasteiger partial charge in [-0.2, -0.15) is 0 Å². The zero-order valence-corrected chi connectivity index (χ0v) is 16.6. The van der Waals surface area contributed by atoms with Crippen LogP contribution in [-0.4, -0.2) is 45.0 Å². The van der Waals surface area contributed by atoms with Crippen LogP contribution in [-0.2, 0) is 11.4 Å². The van der Waals surface area contributed by atoms with Crippen molar-refractivity contribution in [2.45, 2.75) is 20.5 Å². The monoisotopic (exact) mass is 405 g/mol. The number of amides is 2. The van der Waals surface area contributed by atoms with E-state index in [0.717, 1.165) is 17.0 Å². The van der Waals surface area contributed by atoms with Gasteiger partial charge in [0.2, 0.25) is 5.91 Å². The zero-order chi connectivity index (χ0) is 19.4. The molecular formula is C18H19N3O4S2. The molecule has 0 atom stereocenters. The highest BCUT2D eigenvalue weighted by atomic mass is 32.2. The molecule has 3 rings (SSSR count). The van der Waals surface area contributed by atoms with Crippen molar-refractivity contribution < 1.29 is 18.8 Å². The maximum absolute atomic E-state index is 12.2. The summed E-state index contributed by atoms with van der Waals surface area (Å²) in [6.07, 6.45) is 0. The summed E-state index contributed by atoms with van der Waals surface area (Å²) >= 11 is 6.45. The second-order valence-electron chi connectivity index (χ2n) is 5.97. The first kappa shape index (κ1) is 19.4. The van der Waals surface area contributed by atoms with Crippen molar-refractivity contribution >= 4 is 40.1 Å². The highest BCUT2D eigenvalue weighted by Gasteiger charge is 2.25. The summed E-state index contributed by atoms with van der Waals surface area (Å²) in [6.45, 7) is 4.79. The van der Waals surface area contributed by atoms with E-state index in [1.54, 1.807) is 24.3 Å². The molecule has 2 heterocycles. The molecule has 1 aliphatic rings. The Hall–Kier alpha value is -2.39. The van der Waals surface area contributed by atoms with Crippen LogP contribution < -0.4 is 10.1 Å². The lowest BCUT2D eigenvalue weighted by atomic mass is 10.2. The Balaban J connectivity index is 1.48. The van der Waals surface area contributed by atoms with Crippen molar-refractivity contribution in [3.8, 4) is 5.75 Å². The first-order valence-corrected chi connectivity index (χ1v) is 9.75. The van der Waals surface area contributed by atoms with Gasteiger partial charge < -0.3 is 14.6 Å². The van der Waals surface area contributed by atoms with Crippen LogP contribution in [0.3, 0.4) is 0 Å². The third-order valence-corrected chi connectivity index (χ3v) is 5.57. The van der Waals surface area contributed by atoms with Gasteiger partial charge in [0.25, 0.3) is 5.91 Å². The SMILES string of the molecule is Cc1noc(C)c1COc1ccc(C(=O)NCCN2C(=O)CSC2=S)cc1. The normalized spacial score (nSPS) is 13.9. The quantitative estimate of drug-likeness (QED) is 0.708. The minimum Gasteiger partial charge on any atom is -0.489 e. The molecule has 0 spiro atoms. The van der Waals surface area contributed by atoms with Crippen molar-refractivity contribution in [2.24, 2.45) is 0 Å². The minimum atomic E-state index is -0.211. The van der Waals surface area contributed by atoms with Gasteiger partial charge in [0.05, 0.1) is 17.0 Å². The number of rotatable bonds is 7. The molecule has 1 aromatic heterocycles. The number of aromatic nitrogens is 1. The van der Waals surface area contributed by atoms with Crippen LogP contribution in [0.1, 0.15) is 27.4 Å². The van der Waals surface area contributed by atoms with Gasteiger partial charge in [-0.1, -0.05) is 29.1 Å². The van der Waals surface area contributed by atoms with Gasteiger partial charge >= 0.3 is 0 Å². The maximum atomic E-state index is 12.2. The molecule has 2 aromatic rings. The Labute approximate surface area is 166 Å². The van der Waals surface area contributed by atoms with Gasteiger partial charge in [0.1, 0.15) is 22.4 Å². The highest BCUT2D eigenvalue weighted by Crippen LogP contribution is 2.19. The van der Waals surface area contributed by atoms with Gasteiger partial charge in [0.15, 0.2) is 0 Å². The lowest BCUT2D eigenvalue weighted by Gasteiger charge is -2.15. The van der Waals surface area contributed by atoms with Crippen molar-refractivity contribution in [3.05, 3.63) is 46.8 Å². The van der Waals surface area contributed by atoms with E-state index in [0.29, 0.717) is 41.1 Å². The summed E-state index contributed by atoms with van der Waals surface area (Å²) in [5.41, 5.74) is 2.24. The number of nitrogens with zero attached hydrogens (tertiary/aromatic N) is 2. The van der Waals surface area contributed by atoms with E-state index < -0.39 is 0 Å². The summed E-state index contributed by atoms with van der Waals surface area (Å²) in [7, 11) is 0. The largest absolute Gasteiger partial charge is 0.489 e. The van der Waals surface area contributed by atoms with Crippen LogP contribution in [0.25, 0.3) is 0 Å². The topological polar surface area (TPSA) is 84.7 Å². The van der Waals surface area contributed by atoms with Gasteiger partial charge in [-0.05, 0) is 38.1 Å². The van der Waals surface area contributed by atoms with Crippen LogP contribution in [0.5, 0.6) is 5.75 Å². The number of ether oxygens (including phenoxy) is 1. The Morgan fingerprint density at radius 2 is 2.11 bits per heavy atom. The molecule has 1 aliphatic heterocycles. The molecule has 1 saturated heterocycles. The number of hydrogen-bond acceptors (Lipinski definition) is 7. The predicted octanol–water partition coefficient (Wildman–Crippen LogP) is 2.46. The van der Waals surface area contributed by atoms with E-state index in [9.17, 15) is 9.59 Å². The number of aryl methyl sites for hydroxylation is 2. The standard InChI is InChI=1S/C18H19N3O4S2/c1-11-15(12(2)25-20-11)9-24-14-5-3-13(4-6-14)17(23)19-7-8-21-16(22)10-27-18(21)26/h3-6H,7-10H2,1-2H3,(H,19,23). The minimum absolute atomic E-state index is 0.0148. The van der Waals surface area contributed by atoms with E-state index in [2.05, 4.69) is 10.5 Å². The number of hydrogen-bond donors (Lipinski definition) is 1. The molecule has 0 aliphatic carbocycles. The maximum Gasteiger partial charge on any atom is 0.251 e. The van der Waals surface area contributed by atoms with Crippen LogP contribution in [0.2, 0.25) is 0 Å². The number of carbonyl (C=O) groups excluding carboxylic acids is 2. The van der Waals surface area contributed by atoms with E-state index in [-0.39, 0.29) is 11.8 Å². The zero-order valence-electron chi connectivity index (χ0n) is 15.0. The number of thioether (sulfide) groups is 1. The van der Waals surface area contributed by atoms with Crippen LogP contribution in [0.15, 0.2) is 28.8 Å². The van der Waals surface area contributed by atoms with Crippen LogP contribution in [0.4, 0.5) is 0 Å². The number of nitrogens with one attached hydrogen (secondary N) is 1. The average molecular weight is 406 g/mol. The number of carbonyl (C=O) groups is 2. The van der Waals surface area contributed by atoms with Gasteiger partial charge in [-0.25, -0.2) is 0 Å². The van der Waals surface area contributed by atoms with E-state index in [4.69, 9.17) is 21.5 Å². The van der Waals surface area contributed by atoms with Crippen LogP contribution in [0, 0.1) is 13.8 Å².